The summed E-state index contributed by atoms with van der Waals surface area (Å²) in [5.41, 5.74) is 0.828. The van der Waals surface area contributed by atoms with E-state index in [9.17, 15) is 19.2 Å². The fraction of sp³-hybridized carbons (Fsp3) is 0.630. The number of carbonyl (C=O) groups is 4. The molecular formula is C27H43N5O4. The zero-order valence-corrected chi connectivity index (χ0v) is 22.2. The molecule has 0 radical (unpaired) electrons. The summed E-state index contributed by atoms with van der Waals surface area (Å²) in [5, 5.41) is 8.32. The lowest BCUT2D eigenvalue weighted by molar-refractivity contribution is -0.140. The van der Waals surface area contributed by atoms with Gasteiger partial charge in [0.1, 0.15) is 12.1 Å². The van der Waals surface area contributed by atoms with E-state index in [0.717, 1.165) is 31.4 Å². The van der Waals surface area contributed by atoms with Crippen molar-refractivity contribution in [2.75, 3.05) is 40.3 Å². The fourth-order valence-corrected chi connectivity index (χ4v) is 4.21. The van der Waals surface area contributed by atoms with Gasteiger partial charge in [-0.25, -0.2) is 4.79 Å². The van der Waals surface area contributed by atoms with Crippen LogP contribution in [-0.2, 0) is 20.8 Å². The molecule has 0 aromatic heterocycles. The van der Waals surface area contributed by atoms with E-state index in [-0.39, 0.29) is 18.4 Å². The Morgan fingerprint density at radius 3 is 2.22 bits per heavy atom. The zero-order chi connectivity index (χ0) is 26.5. The van der Waals surface area contributed by atoms with Crippen LogP contribution in [0.5, 0.6) is 0 Å². The highest BCUT2D eigenvalue weighted by Gasteiger charge is 2.31. The highest BCUT2D eigenvalue weighted by Crippen LogP contribution is 2.12. The molecule has 200 valence electrons. The summed E-state index contributed by atoms with van der Waals surface area (Å²) in [7, 11) is 3.88. The average Bonchev–Trinajstić information content (AvgIpc) is 2.85. The monoisotopic (exact) mass is 501 g/mol. The maximum Gasteiger partial charge on any atom is 0.318 e. The van der Waals surface area contributed by atoms with E-state index in [1.165, 1.54) is 0 Å². The van der Waals surface area contributed by atoms with Crippen molar-refractivity contribution in [2.45, 2.75) is 64.5 Å². The molecule has 0 saturated carbocycles. The van der Waals surface area contributed by atoms with Crippen LogP contribution in [0.15, 0.2) is 30.3 Å². The van der Waals surface area contributed by atoms with Crippen molar-refractivity contribution < 1.29 is 19.2 Å². The molecule has 1 aromatic rings. The molecular weight excluding hydrogens is 458 g/mol. The Labute approximate surface area is 215 Å². The van der Waals surface area contributed by atoms with Gasteiger partial charge in [-0.1, -0.05) is 44.2 Å². The summed E-state index contributed by atoms with van der Waals surface area (Å²) in [5.74, 6) is -1.72. The summed E-state index contributed by atoms with van der Waals surface area (Å²) in [4.78, 5) is 55.6. The Kier molecular flexibility index (Phi) is 12.4. The Morgan fingerprint density at radius 1 is 0.944 bits per heavy atom. The number of benzene rings is 1. The third kappa shape index (κ3) is 10.4. The Morgan fingerprint density at radius 2 is 1.61 bits per heavy atom. The van der Waals surface area contributed by atoms with Crippen LogP contribution in [-0.4, -0.2) is 85.8 Å². The molecule has 0 spiro atoms. The second-order valence-electron chi connectivity index (χ2n) is 10.2. The fourth-order valence-electron chi connectivity index (χ4n) is 4.21. The first-order valence-corrected chi connectivity index (χ1v) is 13.0. The largest absolute Gasteiger partial charge is 0.349 e. The number of hydrogen-bond acceptors (Lipinski definition) is 5. The molecule has 36 heavy (non-hydrogen) atoms. The van der Waals surface area contributed by atoms with Crippen molar-refractivity contribution >= 4 is 23.6 Å². The highest BCUT2D eigenvalue weighted by molar-refractivity contribution is 6.38. The second kappa shape index (κ2) is 15.2. The Bertz CT molecular complexity index is 853. The molecule has 1 aliphatic heterocycles. The Hall–Kier alpha value is -2.94. The van der Waals surface area contributed by atoms with E-state index < -0.39 is 29.7 Å². The summed E-state index contributed by atoms with van der Waals surface area (Å²) < 4.78 is 0. The number of urea groups is 1. The number of amides is 4. The van der Waals surface area contributed by atoms with E-state index in [1.54, 1.807) is 4.90 Å². The predicted octanol–water partition coefficient (Wildman–Crippen LogP) is 1.96. The number of ketones is 1. The van der Waals surface area contributed by atoms with Crippen LogP contribution in [0.4, 0.5) is 4.79 Å². The summed E-state index contributed by atoms with van der Waals surface area (Å²) in [6, 6.07) is 7.17. The van der Waals surface area contributed by atoms with Crippen LogP contribution in [0.1, 0.15) is 51.5 Å². The third-order valence-electron chi connectivity index (χ3n) is 6.17. The first-order valence-electron chi connectivity index (χ1n) is 13.0. The molecule has 2 atom stereocenters. The van der Waals surface area contributed by atoms with E-state index in [1.807, 2.05) is 63.2 Å². The number of Topliss-reactive ketones (excluding diaryl/α,β-unsaturated/α-hetero) is 1. The normalized spacial score (nSPS) is 15.3. The van der Waals surface area contributed by atoms with Gasteiger partial charge >= 0.3 is 6.03 Å². The molecule has 1 aromatic carbocycles. The van der Waals surface area contributed by atoms with Gasteiger partial charge in [-0.3, -0.25) is 14.4 Å². The number of nitrogens with one attached hydrogen (secondary N) is 3. The second-order valence-corrected chi connectivity index (χ2v) is 10.2. The van der Waals surface area contributed by atoms with E-state index >= 15 is 0 Å². The minimum Gasteiger partial charge on any atom is -0.349 e. The van der Waals surface area contributed by atoms with Gasteiger partial charge in [0.2, 0.25) is 11.7 Å². The van der Waals surface area contributed by atoms with Crippen molar-refractivity contribution in [1.82, 2.24) is 25.8 Å². The minimum absolute atomic E-state index is 0.144. The molecule has 1 aliphatic rings. The first-order chi connectivity index (χ1) is 17.2. The zero-order valence-electron chi connectivity index (χ0n) is 22.2. The molecule has 1 saturated heterocycles. The highest BCUT2D eigenvalue weighted by atomic mass is 16.2. The quantitative estimate of drug-likeness (QED) is 0.283. The number of nitrogens with zero attached hydrogens (tertiary/aromatic N) is 2. The molecule has 9 heteroatoms. The molecule has 1 heterocycles. The number of rotatable bonds is 13. The number of hydrogen-bond donors (Lipinski definition) is 3. The van der Waals surface area contributed by atoms with Gasteiger partial charge in [0.25, 0.3) is 5.91 Å². The van der Waals surface area contributed by atoms with Gasteiger partial charge < -0.3 is 25.8 Å². The smallest absolute Gasteiger partial charge is 0.318 e. The van der Waals surface area contributed by atoms with Crippen molar-refractivity contribution in [1.29, 1.82) is 0 Å². The maximum absolute atomic E-state index is 13.3. The topological polar surface area (TPSA) is 111 Å². The molecule has 3 N–H and O–H groups in total. The molecule has 9 nitrogen and oxygen atoms in total. The number of likely N-dealkylation sites (tertiary alicyclic amines) is 1. The van der Waals surface area contributed by atoms with Crippen molar-refractivity contribution in [3.05, 3.63) is 35.9 Å². The molecule has 0 aliphatic carbocycles. The lowest BCUT2D eigenvalue weighted by atomic mass is 9.99. The van der Waals surface area contributed by atoms with Crippen molar-refractivity contribution in [3.63, 3.8) is 0 Å². The molecule has 0 bridgehead atoms. The van der Waals surface area contributed by atoms with E-state index in [2.05, 4.69) is 16.0 Å². The van der Waals surface area contributed by atoms with Crippen LogP contribution in [0.3, 0.4) is 0 Å². The first kappa shape index (κ1) is 29.3. The average molecular weight is 502 g/mol. The maximum atomic E-state index is 13.3. The predicted molar refractivity (Wildman–Crippen MR) is 140 cm³/mol. The molecule has 0 unspecified atom stereocenters. The summed E-state index contributed by atoms with van der Waals surface area (Å²) in [6.07, 6.45) is 4.32. The lowest BCUT2D eigenvalue weighted by Crippen LogP contribution is -2.56. The van der Waals surface area contributed by atoms with Crippen LogP contribution < -0.4 is 16.0 Å². The standard InChI is InChI=1S/C27H43N5O4/c1-20(2)18-23(30-27(36)32-16-9-6-10-17-32)25(34)29-22(19-21-12-7-5-8-13-21)24(33)26(35)28-14-11-15-31(3)4/h5,7-8,12-13,20,22-23H,6,9-11,14-19H2,1-4H3,(H,28,35)(H,29,34)(H,30,36)/t22-,23-/m0/s1. The molecule has 2 rings (SSSR count). The van der Waals surface area contributed by atoms with Gasteiger partial charge in [0, 0.05) is 26.1 Å². The van der Waals surface area contributed by atoms with Gasteiger partial charge in [-0.05, 0) is 64.2 Å². The van der Waals surface area contributed by atoms with Crippen LogP contribution in [0, 0.1) is 5.92 Å². The number of piperidine rings is 1. The number of carbonyl (C=O) groups excluding carboxylic acids is 4. The lowest BCUT2D eigenvalue weighted by Gasteiger charge is -2.30. The van der Waals surface area contributed by atoms with Gasteiger partial charge in [0.15, 0.2) is 0 Å². The molecule has 1 fully saturated rings. The molecule has 4 amide bonds. The minimum atomic E-state index is -1.03. The van der Waals surface area contributed by atoms with E-state index in [0.29, 0.717) is 32.5 Å². The summed E-state index contributed by atoms with van der Waals surface area (Å²) >= 11 is 0. The van der Waals surface area contributed by atoms with Crippen molar-refractivity contribution in [3.8, 4) is 0 Å². The van der Waals surface area contributed by atoms with E-state index in [4.69, 9.17) is 0 Å². The Balaban J connectivity index is 2.11. The third-order valence-corrected chi connectivity index (χ3v) is 6.17. The van der Waals surface area contributed by atoms with Crippen molar-refractivity contribution in [2.24, 2.45) is 5.92 Å². The van der Waals surface area contributed by atoms with Gasteiger partial charge in [-0.2, -0.15) is 0 Å². The van der Waals surface area contributed by atoms with Gasteiger partial charge in [-0.15, -0.1) is 0 Å². The SMILES string of the molecule is CC(C)C[C@H](NC(=O)N1CCCCC1)C(=O)N[C@@H](Cc1ccccc1)C(=O)C(=O)NCCCN(C)C. The van der Waals surface area contributed by atoms with Crippen LogP contribution >= 0.6 is 0 Å². The van der Waals surface area contributed by atoms with Crippen LogP contribution in [0.2, 0.25) is 0 Å². The summed E-state index contributed by atoms with van der Waals surface area (Å²) in [6.45, 7) is 6.45. The van der Waals surface area contributed by atoms with Gasteiger partial charge in [0.05, 0.1) is 0 Å². The van der Waals surface area contributed by atoms with Crippen LogP contribution in [0.25, 0.3) is 0 Å².